The fraction of sp³-hybridized carbons (Fsp3) is 0.476. The second-order valence-corrected chi connectivity index (χ2v) is 7.24. The van der Waals surface area contributed by atoms with Crippen LogP contribution in [0.15, 0.2) is 36.7 Å². The van der Waals surface area contributed by atoms with Crippen molar-refractivity contribution in [2.24, 2.45) is 0 Å². The molecule has 29 heavy (non-hydrogen) atoms. The number of rotatable bonds is 11. The van der Waals surface area contributed by atoms with E-state index < -0.39 is 0 Å². The molecule has 8 heteroatoms. The van der Waals surface area contributed by atoms with Gasteiger partial charge in [-0.1, -0.05) is 30.3 Å². The van der Waals surface area contributed by atoms with Gasteiger partial charge in [0.05, 0.1) is 19.5 Å². The second kappa shape index (κ2) is 10.2. The number of aliphatic hydroxyl groups excluding tert-OH is 2. The van der Waals surface area contributed by atoms with Gasteiger partial charge in [-0.3, -0.25) is 0 Å². The molecule has 2 heterocycles. The van der Waals surface area contributed by atoms with E-state index >= 15 is 0 Å². The third kappa shape index (κ3) is 5.21. The highest BCUT2D eigenvalue weighted by Crippen LogP contribution is 2.24. The molecular weight excluding hydrogens is 368 g/mol. The largest absolute Gasteiger partial charge is 0.395 e. The molecule has 0 saturated carbocycles. The molecule has 0 spiro atoms. The Labute approximate surface area is 171 Å². The van der Waals surface area contributed by atoms with Crippen molar-refractivity contribution in [3.63, 3.8) is 0 Å². The Bertz CT molecular complexity index is 891. The van der Waals surface area contributed by atoms with E-state index in [4.69, 9.17) is 0 Å². The first-order chi connectivity index (χ1) is 14.1. The van der Waals surface area contributed by atoms with E-state index in [1.54, 1.807) is 11.2 Å². The van der Waals surface area contributed by atoms with Gasteiger partial charge in [-0.05, 0) is 32.3 Å². The van der Waals surface area contributed by atoms with Gasteiger partial charge in [-0.15, -0.1) is 0 Å². The van der Waals surface area contributed by atoms with Crippen LogP contribution in [0.3, 0.4) is 0 Å². The molecule has 2 aromatic heterocycles. The van der Waals surface area contributed by atoms with Gasteiger partial charge in [-0.25, -0.2) is 4.98 Å². The molecule has 0 saturated heterocycles. The van der Waals surface area contributed by atoms with Crippen LogP contribution in [0.25, 0.3) is 11.2 Å². The third-order valence-corrected chi connectivity index (χ3v) is 4.77. The molecule has 3 aromatic rings. The summed E-state index contributed by atoms with van der Waals surface area (Å²) in [7, 11) is 0. The summed E-state index contributed by atoms with van der Waals surface area (Å²) in [6.45, 7) is 5.55. The monoisotopic (exact) mass is 398 g/mol. The minimum atomic E-state index is -0.0370. The number of fused-ring (bicyclic) bond motifs is 1. The molecule has 0 unspecified atom stereocenters. The fourth-order valence-electron chi connectivity index (χ4n) is 3.24. The van der Waals surface area contributed by atoms with Gasteiger partial charge in [0.2, 0.25) is 5.95 Å². The van der Waals surface area contributed by atoms with Crippen molar-refractivity contribution in [1.29, 1.82) is 0 Å². The molecule has 0 aliphatic rings. The molecule has 3 N–H and O–H groups in total. The van der Waals surface area contributed by atoms with E-state index in [0.717, 1.165) is 30.6 Å². The van der Waals surface area contributed by atoms with Gasteiger partial charge >= 0.3 is 0 Å². The first-order valence-corrected chi connectivity index (χ1v) is 10.1. The van der Waals surface area contributed by atoms with Crippen molar-refractivity contribution in [1.82, 2.24) is 19.5 Å². The second-order valence-electron chi connectivity index (χ2n) is 7.24. The summed E-state index contributed by atoms with van der Waals surface area (Å²) in [6.07, 6.45) is 3.73. The Balaban J connectivity index is 1.83. The molecule has 0 fully saturated rings. The predicted octanol–water partition coefficient (Wildman–Crippen LogP) is 2.24. The molecule has 3 rings (SSSR count). The van der Waals surface area contributed by atoms with E-state index in [2.05, 4.69) is 58.4 Å². The van der Waals surface area contributed by atoms with Crippen LogP contribution in [-0.4, -0.2) is 62.6 Å². The average molecular weight is 399 g/mol. The summed E-state index contributed by atoms with van der Waals surface area (Å²) < 4.78 is 2.01. The third-order valence-electron chi connectivity index (χ3n) is 4.77. The summed E-state index contributed by atoms with van der Waals surface area (Å²) in [5, 5.41) is 22.2. The standard InChI is InChI=1S/C21H30N6O2/c1-16(2)27-15-23-18-19(22-10-6-9-17-7-4-3-5-8-17)24-21(25-20(18)27)26(11-13-28)12-14-29/h3-5,7-8,15-16,28-29H,6,9-14H2,1-2H3,(H,22,24,25). The molecule has 0 bridgehead atoms. The zero-order chi connectivity index (χ0) is 20.6. The molecule has 1 aromatic carbocycles. The van der Waals surface area contributed by atoms with Crippen LogP contribution in [0.2, 0.25) is 0 Å². The lowest BCUT2D eigenvalue weighted by Gasteiger charge is -2.21. The van der Waals surface area contributed by atoms with Crippen LogP contribution in [0.4, 0.5) is 11.8 Å². The lowest BCUT2D eigenvalue weighted by Crippen LogP contribution is -2.31. The molecule has 0 amide bonds. The van der Waals surface area contributed by atoms with Gasteiger partial charge in [0.15, 0.2) is 17.0 Å². The molecule has 0 aliphatic carbocycles. The number of anilines is 2. The Morgan fingerprint density at radius 2 is 1.79 bits per heavy atom. The number of hydrogen-bond donors (Lipinski definition) is 3. The zero-order valence-corrected chi connectivity index (χ0v) is 17.1. The SMILES string of the molecule is CC(C)n1cnc2c(NCCCc3ccccc3)nc(N(CCO)CCO)nc21. The maximum atomic E-state index is 9.38. The Morgan fingerprint density at radius 3 is 2.45 bits per heavy atom. The number of hydrogen-bond acceptors (Lipinski definition) is 7. The zero-order valence-electron chi connectivity index (χ0n) is 17.1. The highest BCUT2D eigenvalue weighted by atomic mass is 16.3. The van der Waals surface area contributed by atoms with E-state index in [1.807, 2.05) is 10.6 Å². The number of nitrogens with one attached hydrogen (secondary N) is 1. The molecule has 0 aliphatic heterocycles. The summed E-state index contributed by atoms with van der Waals surface area (Å²) in [4.78, 5) is 15.7. The Hall–Kier alpha value is -2.71. The summed E-state index contributed by atoms with van der Waals surface area (Å²) >= 11 is 0. The summed E-state index contributed by atoms with van der Waals surface area (Å²) in [5.74, 6) is 1.16. The quantitative estimate of drug-likeness (QED) is 0.426. The lowest BCUT2D eigenvalue weighted by atomic mass is 10.1. The minimum absolute atomic E-state index is 0.0370. The van der Waals surface area contributed by atoms with Gasteiger partial charge in [-0.2, -0.15) is 9.97 Å². The Kier molecular flexibility index (Phi) is 7.37. The Morgan fingerprint density at radius 1 is 1.07 bits per heavy atom. The summed E-state index contributed by atoms with van der Waals surface area (Å²) in [5.41, 5.74) is 2.79. The average Bonchev–Trinajstić information content (AvgIpc) is 3.16. The number of aliphatic hydroxyl groups is 2. The van der Waals surface area contributed by atoms with Crippen LogP contribution < -0.4 is 10.2 Å². The van der Waals surface area contributed by atoms with Gasteiger partial charge in [0.25, 0.3) is 0 Å². The van der Waals surface area contributed by atoms with E-state index in [1.165, 1.54) is 5.56 Å². The van der Waals surface area contributed by atoms with Crippen LogP contribution >= 0.6 is 0 Å². The number of benzene rings is 1. The molecular formula is C21H30N6O2. The van der Waals surface area contributed by atoms with Crippen LogP contribution in [0.5, 0.6) is 0 Å². The van der Waals surface area contributed by atoms with Crippen molar-refractivity contribution in [3.05, 3.63) is 42.2 Å². The van der Waals surface area contributed by atoms with Crippen molar-refractivity contribution >= 4 is 22.9 Å². The number of aryl methyl sites for hydroxylation is 1. The van der Waals surface area contributed by atoms with Crippen molar-refractivity contribution in [2.45, 2.75) is 32.7 Å². The molecule has 156 valence electrons. The lowest BCUT2D eigenvalue weighted by molar-refractivity contribution is 0.280. The highest BCUT2D eigenvalue weighted by Gasteiger charge is 2.18. The number of aromatic nitrogens is 4. The van der Waals surface area contributed by atoms with Crippen molar-refractivity contribution in [2.75, 3.05) is 43.1 Å². The highest BCUT2D eigenvalue weighted by molar-refractivity contribution is 5.84. The maximum Gasteiger partial charge on any atom is 0.229 e. The smallest absolute Gasteiger partial charge is 0.229 e. The first kappa shape index (κ1) is 21.0. The van der Waals surface area contributed by atoms with E-state index in [9.17, 15) is 10.2 Å². The number of nitrogens with zero attached hydrogens (tertiary/aromatic N) is 5. The van der Waals surface area contributed by atoms with Gasteiger partial charge in [0, 0.05) is 25.7 Å². The predicted molar refractivity (Wildman–Crippen MR) is 115 cm³/mol. The van der Waals surface area contributed by atoms with Crippen molar-refractivity contribution < 1.29 is 10.2 Å². The normalized spacial score (nSPS) is 11.3. The molecule has 0 atom stereocenters. The van der Waals surface area contributed by atoms with Crippen LogP contribution in [-0.2, 0) is 6.42 Å². The van der Waals surface area contributed by atoms with Crippen LogP contribution in [0.1, 0.15) is 31.9 Å². The molecule has 8 nitrogen and oxygen atoms in total. The molecule has 0 radical (unpaired) electrons. The van der Waals surface area contributed by atoms with E-state index in [-0.39, 0.29) is 19.3 Å². The van der Waals surface area contributed by atoms with Crippen molar-refractivity contribution in [3.8, 4) is 0 Å². The number of imidazole rings is 1. The van der Waals surface area contributed by atoms with Gasteiger partial charge < -0.3 is 25.0 Å². The maximum absolute atomic E-state index is 9.38. The van der Waals surface area contributed by atoms with Crippen LogP contribution in [0, 0.1) is 0 Å². The summed E-state index contributed by atoms with van der Waals surface area (Å²) in [6, 6.07) is 10.6. The fourth-order valence-corrected chi connectivity index (χ4v) is 3.24. The van der Waals surface area contributed by atoms with Gasteiger partial charge in [0.1, 0.15) is 0 Å². The topological polar surface area (TPSA) is 99.3 Å². The first-order valence-electron chi connectivity index (χ1n) is 10.1. The van der Waals surface area contributed by atoms with E-state index in [0.29, 0.717) is 24.9 Å². The minimum Gasteiger partial charge on any atom is -0.395 e.